The van der Waals surface area contributed by atoms with Crippen molar-refractivity contribution in [3.05, 3.63) is 0 Å². The molecule has 1 spiro atoms. The topological polar surface area (TPSA) is 90.0 Å². The number of hydrogen-bond acceptors (Lipinski definition) is 4. The van der Waals surface area contributed by atoms with Crippen LogP contribution < -0.4 is 5.32 Å². The number of amides is 2. The summed E-state index contributed by atoms with van der Waals surface area (Å²) in [4.78, 5) is 39.3. The lowest BCUT2D eigenvalue weighted by molar-refractivity contribution is -0.147. The molecule has 134 valence electrons. The Bertz CT molecular complexity index is 498. The van der Waals surface area contributed by atoms with E-state index in [9.17, 15) is 19.5 Å². The molecule has 3 aliphatic rings. The van der Waals surface area contributed by atoms with Crippen molar-refractivity contribution in [1.82, 2.24) is 15.1 Å². The zero-order chi connectivity index (χ0) is 17.3. The molecule has 0 aliphatic carbocycles. The van der Waals surface area contributed by atoms with E-state index < -0.39 is 12.0 Å². The Labute approximate surface area is 142 Å². The third-order valence-corrected chi connectivity index (χ3v) is 6.02. The molecule has 3 saturated heterocycles. The van der Waals surface area contributed by atoms with Gasteiger partial charge in [-0.25, -0.2) is 4.79 Å². The maximum Gasteiger partial charge on any atom is 0.326 e. The quantitative estimate of drug-likeness (QED) is 0.756. The number of likely N-dealkylation sites (tertiary alicyclic amines) is 2. The minimum Gasteiger partial charge on any atom is -0.480 e. The van der Waals surface area contributed by atoms with E-state index in [1.54, 1.807) is 0 Å². The van der Waals surface area contributed by atoms with Crippen molar-refractivity contribution < 1.29 is 19.5 Å². The van der Waals surface area contributed by atoms with E-state index in [-0.39, 0.29) is 23.1 Å². The van der Waals surface area contributed by atoms with Crippen LogP contribution in [0.5, 0.6) is 0 Å². The number of aliphatic carboxylic acids is 1. The van der Waals surface area contributed by atoms with Gasteiger partial charge in [-0.15, -0.1) is 0 Å². The molecule has 0 unspecified atom stereocenters. The molecular formula is C17H27N3O4. The second kappa shape index (κ2) is 6.70. The Hall–Kier alpha value is -1.63. The Kier molecular flexibility index (Phi) is 4.80. The van der Waals surface area contributed by atoms with Crippen molar-refractivity contribution in [2.75, 3.05) is 32.7 Å². The van der Waals surface area contributed by atoms with E-state index in [0.717, 1.165) is 38.8 Å². The molecule has 0 aromatic rings. The molecule has 24 heavy (non-hydrogen) atoms. The van der Waals surface area contributed by atoms with Gasteiger partial charge in [-0.2, -0.15) is 0 Å². The minimum atomic E-state index is -0.921. The van der Waals surface area contributed by atoms with Crippen LogP contribution in [-0.4, -0.2) is 71.5 Å². The smallest absolute Gasteiger partial charge is 0.326 e. The van der Waals surface area contributed by atoms with Crippen molar-refractivity contribution >= 4 is 17.8 Å². The summed E-state index contributed by atoms with van der Waals surface area (Å²) < 4.78 is 0. The molecule has 1 atom stereocenters. The van der Waals surface area contributed by atoms with Crippen LogP contribution in [0.3, 0.4) is 0 Å². The number of nitrogens with zero attached hydrogens (tertiary/aromatic N) is 2. The van der Waals surface area contributed by atoms with Gasteiger partial charge in [0.1, 0.15) is 6.04 Å². The molecule has 3 aliphatic heterocycles. The Morgan fingerprint density at radius 2 is 1.75 bits per heavy atom. The Morgan fingerprint density at radius 1 is 1.12 bits per heavy atom. The number of carboxylic acids is 1. The summed E-state index contributed by atoms with van der Waals surface area (Å²) in [6, 6.07) is -0.714. The van der Waals surface area contributed by atoms with Gasteiger partial charge < -0.3 is 20.2 Å². The van der Waals surface area contributed by atoms with E-state index in [4.69, 9.17) is 0 Å². The summed E-state index contributed by atoms with van der Waals surface area (Å²) in [5, 5.41) is 12.7. The first-order valence-corrected chi connectivity index (χ1v) is 8.91. The van der Waals surface area contributed by atoms with E-state index >= 15 is 0 Å². The number of hydrogen-bond donors (Lipinski definition) is 2. The summed E-state index contributed by atoms with van der Waals surface area (Å²) >= 11 is 0. The molecule has 0 aromatic heterocycles. The van der Waals surface area contributed by atoms with Crippen LogP contribution in [-0.2, 0) is 14.4 Å². The predicted molar refractivity (Wildman–Crippen MR) is 87.3 cm³/mol. The van der Waals surface area contributed by atoms with Crippen molar-refractivity contribution in [3.8, 4) is 0 Å². The Balaban J connectivity index is 1.61. The number of carbonyl (C=O) groups is 3. The number of piperidine rings is 2. The van der Waals surface area contributed by atoms with E-state index in [1.807, 2.05) is 4.90 Å². The van der Waals surface area contributed by atoms with Crippen LogP contribution >= 0.6 is 0 Å². The number of carboxylic acid groups (broad SMARTS) is 1. The Morgan fingerprint density at radius 3 is 2.25 bits per heavy atom. The number of rotatable bonds is 2. The molecule has 3 fully saturated rings. The summed E-state index contributed by atoms with van der Waals surface area (Å²) in [7, 11) is 0. The fourth-order valence-corrected chi connectivity index (χ4v) is 4.50. The van der Waals surface area contributed by atoms with Crippen LogP contribution in [0.2, 0.25) is 0 Å². The van der Waals surface area contributed by atoms with Crippen molar-refractivity contribution in [2.45, 2.75) is 45.1 Å². The van der Waals surface area contributed by atoms with Crippen LogP contribution in [0.25, 0.3) is 0 Å². The second-order valence-corrected chi connectivity index (χ2v) is 7.55. The lowest BCUT2D eigenvalue weighted by Gasteiger charge is -2.40. The zero-order valence-electron chi connectivity index (χ0n) is 14.3. The standard InChI is InChI=1S/C17H27N3O4/c1-12(21)20-11-17(10-14(20)16(23)24)4-8-19(9-5-17)15(22)13-2-6-18-7-3-13/h13-14,18H,2-11H2,1H3,(H,23,24)/t14-/m0/s1. The fourth-order valence-electron chi connectivity index (χ4n) is 4.50. The fraction of sp³-hybridized carbons (Fsp3) is 0.824. The maximum atomic E-state index is 12.6. The highest BCUT2D eigenvalue weighted by atomic mass is 16.4. The molecule has 7 heteroatoms. The zero-order valence-corrected chi connectivity index (χ0v) is 14.3. The first kappa shape index (κ1) is 17.2. The summed E-state index contributed by atoms with van der Waals surface area (Å²) in [6.45, 7) is 5.12. The van der Waals surface area contributed by atoms with Gasteiger partial charge in [0, 0.05) is 32.5 Å². The van der Waals surface area contributed by atoms with Gasteiger partial charge in [-0.1, -0.05) is 0 Å². The molecule has 2 amide bonds. The monoisotopic (exact) mass is 337 g/mol. The highest BCUT2D eigenvalue weighted by Crippen LogP contribution is 2.43. The summed E-state index contributed by atoms with van der Waals surface area (Å²) in [5.74, 6) is -0.713. The molecule has 0 bridgehead atoms. The third-order valence-electron chi connectivity index (χ3n) is 6.02. The second-order valence-electron chi connectivity index (χ2n) is 7.55. The first-order chi connectivity index (χ1) is 11.4. The third kappa shape index (κ3) is 3.27. The maximum absolute atomic E-state index is 12.6. The van der Waals surface area contributed by atoms with Gasteiger partial charge in [-0.3, -0.25) is 9.59 Å². The number of nitrogens with one attached hydrogen (secondary N) is 1. The van der Waals surface area contributed by atoms with Crippen LogP contribution in [0, 0.1) is 11.3 Å². The molecular weight excluding hydrogens is 310 g/mol. The molecule has 3 rings (SSSR count). The highest BCUT2D eigenvalue weighted by molar-refractivity contribution is 5.83. The van der Waals surface area contributed by atoms with Gasteiger partial charge in [0.15, 0.2) is 0 Å². The van der Waals surface area contributed by atoms with Crippen molar-refractivity contribution in [3.63, 3.8) is 0 Å². The average Bonchev–Trinajstić information content (AvgIpc) is 2.96. The SMILES string of the molecule is CC(=O)N1CC2(CCN(C(=O)C3CCNCC3)CC2)C[C@H]1C(=O)O. The highest BCUT2D eigenvalue weighted by Gasteiger charge is 2.49. The minimum absolute atomic E-state index is 0.129. The first-order valence-electron chi connectivity index (χ1n) is 8.91. The average molecular weight is 337 g/mol. The van der Waals surface area contributed by atoms with E-state index in [0.29, 0.717) is 26.1 Å². The summed E-state index contributed by atoms with van der Waals surface area (Å²) in [6.07, 6.45) is 3.89. The summed E-state index contributed by atoms with van der Waals surface area (Å²) in [5.41, 5.74) is -0.139. The normalized spacial score (nSPS) is 27.5. The van der Waals surface area contributed by atoms with E-state index in [1.165, 1.54) is 11.8 Å². The molecule has 7 nitrogen and oxygen atoms in total. The number of carbonyl (C=O) groups excluding carboxylic acids is 2. The van der Waals surface area contributed by atoms with E-state index in [2.05, 4.69) is 5.32 Å². The lowest BCUT2D eigenvalue weighted by atomic mass is 9.76. The lowest BCUT2D eigenvalue weighted by Crippen LogP contribution is -2.48. The van der Waals surface area contributed by atoms with Gasteiger partial charge in [0.2, 0.25) is 11.8 Å². The van der Waals surface area contributed by atoms with Gasteiger partial charge in [-0.05, 0) is 50.6 Å². The molecule has 0 radical (unpaired) electrons. The van der Waals surface area contributed by atoms with Crippen molar-refractivity contribution in [1.29, 1.82) is 0 Å². The van der Waals surface area contributed by atoms with Gasteiger partial charge >= 0.3 is 5.97 Å². The van der Waals surface area contributed by atoms with Gasteiger partial charge in [0.05, 0.1) is 0 Å². The predicted octanol–water partition coefficient (Wildman–Crippen LogP) is 0.300. The van der Waals surface area contributed by atoms with Gasteiger partial charge in [0.25, 0.3) is 0 Å². The molecule has 3 heterocycles. The molecule has 0 saturated carbocycles. The van der Waals surface area contributed by atoms with Crippen LogP contribution in [0.15, 0.2) is 0 Å². The van der Waals surface area contributed by atoms with Crippen LogP contribution in [0.4, 0.5) is 0 Å². The van der Waals surface area contributed by atoms with Crippen molar-refractivity contribution in [2.24, 2.45) is 11.3 Å². The van der Waals surface area contributed by atoms with Crippen LogP contribution in [0.1, 0.15) is 39.0 Å². The molecule has 2 N–H and O–H groups in total. The molecule has 0 aromatic carbocycles. The largest absolute Gasteiger partial charge is 0.480 e.